The molecule has 1 aromatic rings. The summed E-state index contributed by atoms with van der Waals surface area (Å²) >= 11 is 0. The molecule has 0 spiro atoms. The second-order valence-electron chi connectivity index (χ2n) is 5.33. The van der Waals surface area contributed by atoms with Gasteiger partial charge < -0.3 is 10.1 Å². The lowest BCUT2D eigenvalue weighted by molar-refractivity contribution is -0.141. The molecule has 21 heavy (non-hydrogen) atoms. The molecule has 0 radical (unpaired) electrons. The van der Waals surface area contributed by atoms with Gasteiger partial charge in [0.15, 0.2) is 0 Å². The van der Waals surface area contributed by atoms with E-state index in [0.29, 0.717) is 43.7 Å². The number of aromatic nitrogens is 1. The molecule has 0 aliphatic carbocycles. The number of rotatable bonds is 2. The Kier molecular flexibility index (Phi) is 3.49. The van der Waals surface area contributed by atoms with Crippen LogP contribution in [0.5, 0.6) is 0 Å². The van der Waals surface area contributed by atoms with E-state index in [2.05, 4.69) is 15.3 Å². The minimum Gasteiger partial charge on any atom is -0.371 e. The van der Waals surface area contributed by atoms with E-state index in [9.17, 15) is 13.2 Å². The van der Waals surface area contributed by atoms with E-state index in [1.54, 1.807) is 0 Å². The van der Waals surface area contributed by atoms with Gasteiger partial charge in [-0.25, -0.2) is 0 Å². The normalized spacial score (nSPS) is 25.1. The molecule has 0 bridgehead atoms. The summed E-state index contributed by atoms with van der Waals surface area (Å²) in [6.07, 6.45) is -1.95. The average Bonchev–Trinajstić information content (AvgIpc) is 2.95. The fourth-order valence-electron chi connectivity index (χ4n) is 2.92. The summed E-state index contributed by atoms with van der Waals surface area (Å²) in [5, 5.41) is 3.06. The zero-order chi connectivity index (χ0) is 15.1. The molecule has 114 valence electrons. The van der Waals surface area contributed by atoms with Gasteiger partial charge in [-0.2, -0.15) is 13.2 Å². The largest absolute Gasteiger partial charge is 0.418 e. The molecule has 1 saturated heterocycles. The van der Waals surface area contributed by atoms with Crippen LogP contribution in [0.4, 0.5) is 13.2 Å². The summed E-state index contributed by atoms with van der Waals surface area (Å²) in [4.78, 5) is 8.36. The van der Waals surface area contributed by atoms with Crippen LogP contribution in [-0.4, -0.2) is 37.9 Å². The van der Waals surface area contributed by atoms with Gasteiger partial charge in [-0.15, -0.1) is 0 Å². The maximum absolute atomic E-state index is 13.4. The summed E-state index contributed by atoms with van der Waals surface area (Å²) < 4.78 is 45.7. The molecule has 1 atom stereocenters. The Hall–Kier alpha value is -1.47. The van der Waals surface area contributed by atoms with Gasteiger partial charge in [0.2, 0.25) is 0 Å². The Morgan fingerprint density at radius 2 is 2.19 bits per heavy atom. The lowest BCUT2D eigenvalue weighted by Crippen LogP contribution is -2.35. The maximum atomic E-state index is 13.4. The molecule has 1 unspecified atom stereocenters. The first-order valence-corrected chi connectivity index (χ1v) is 6.83. The molecule has 2 aliphatic rings. The molecule has 4 nitrogen and oxygen atoms in total. The van der Waals surface area contributed by atoms with E-state index in [0.717, 1.165) is 6.07 Å². The molecule has 1 fully saturated rings. The second-order valence-corrected chi connectivity index (χ2v) is 5.33. The van der Waals surface area contributed by atoms with Crippen molar-refractivity contribution in [3.8, 4) is 0 Å². The molecule has 0 saturated carbocycles. The first-order valence-electron chi connectivity index (χ1n) is 6.83. The minimum absolute atomic E-state index is 0.00319. The number of fused-ring (bicyclic) bond motifs is 1. The van der Waals surface area contributed by atoms with Crippen molar-refractivity contribution < 1.29 is 17.9 Å². The predicted octanol–water partition coefficient (Wildman–Crippen LogP) is 1.91. The molecule has 3 heterocycles. The second kappa shape index (κ2) is 5.06. The third kappa shape index (κ3) is 2.44. The smallest absolute Gasteiger partial charge is 0.371 e. The number of nitrogens with one attached hydrogen (secondary N) is 1. The molecule has 1 aromatic heterocycles. The van der Waals surface area contributed by atoms with Gasteiger partial charge in [-0.1, -0.05) is 0 Å². The number of alkyl halides is 3. The van der Waals surface area contributed by atoms with E-state index >= 15 is 0 Å². The van der Waals surface area contributed by atoms with E-state index < -0.39 is 17.3 Å². The average molecular weight is 299 g/mol. The van der Waals surface area contributed by atoms with Crippen LogP contribution in [0.25, 0.3) is 0 Å². The number of nitrogens with zero attached hydrogens (tertiary/aromatic N) is 2. The highest BCUT2D eigenvalue weighted by Gasteiger charge is 2.45. The van der Waals surface area contributed by atoms with Crippen molar-refractivity contribution in [2.45, 2.75) is 24.6 Å². The zero-order valence-electron chi connectivity index (χ0n) is 11.6. The number of halogens is 3. The Morgan fingerprint density at radius 3 is 2.81 bits per heavy atom. The number of hydrogen-bond acceptors (Lipinski definition) is 4. The Morgan fingerprint density at radius 1 is 1.38 bits per heavy atom. The van der Waals surface area contributed by atoms with Crippen LogP contribution in [0.2, 0.25) is 0 Å². The molecule has 0 amide bonds. The van der Waals surface area contributed by atoms with E-state index in [-0.39, 0.29) is 5.69 Å². The van der Waals surface area contributed by atoms with Crippen LogP contribution in [0.3, 0.4) is 0 Å². The van der Waals surface area contributed by atoms with E-state index in [1.165, 1.54) is 13.3 Å². The number of pyridine rings is 1. The molecular formula is C14H16F3N3O. The number of ether oxygens (including phenoxy) is 1. The maximum Gasteiger partial charge on any atom is 0.418 e. The summed E-state index contributed by atoms with van der Waals surface area (Å²) in [6, 6.07) is 1.15. The van der Waals surface area contributed by atoms with Gasteiger partial charge >= 0.3 is 6.18 Å². The van der Waals surface area contributed by atoms with Gasteiger partial charge in [0.1, 0.15) is 5.60 Å². The minimum atomic E-state index is -4.46. The molecule has 2 aliphatic heterocycles. The van der Waals surface area contributed by atoms with Crippen molar-refractivity contribution in [3.63, 3.8) is 0 Å². The van der Waals surface area contributed by atoms with Crippen molar-refractivity contribution in [1.29, 1.82) is 0 Å². The topological polar surface area (TPSA) is 46.5 Å². The van der Waals surface area contributed by atoms with Crippen LogP contribution in [0, 0.1) is 0 Å². The van der Waals surface area contributed by atoms with Crippen LogP contribution >= 0.6 is 0 Å². The number of hydrogen-bond donors (Lipinski definition) is 1. The molecule has 1 N–H and O–H groups in total. The first kappa shape index (κ1) is 14.5. The summed E-state index contributed by atoms with van der Waals surface area (Å²) in [7, 11) is 1.44. The number of methoxy groups -OCH3 is 1. The Balaban J connectivity index is 2.20. The van der Waals surface area contributed by atoms with Gasteiger partial charge in [0, 0.05) is 38.4 Å². The van der Waals surface area contributed by atoms with Crippen LogP contribution in [0.15, 0.2) is 11.1 Å². The van der Waals surface area contributed by atoms with E-state index in [1.807, 2.05) is 0 Å². The van der Waals surface area contributed by atoms with Crippen molar-refractivity contribution in [2.24, 2.45) is 4.99 Å². The highest BCUT2D eigenvalue weighted by Crippen LogP contribution is 2.40. The summed E-state index contributed by atoms with van der Waals surface area (Å²) in [5.74, 6) is 0. The fourth-order valence-corrected chi connectivity index (χ4v) is 2.92. The lowest BCUT2D eigenvalue weighted by atomic mass is 9.91. The molecule has 7 heteroatoms. The Bertz CT molecular complexity index is 578. The number of aliphatic imine (C=N–C) groups is 1. The SMILES string of the molecule is COC1(c2nc3c(cc2C(F)(F)F)C=NCC3)CCNC1. The summed E-state index contributed by atoms with van der Waals surface area (Å²) in [6.45, 7) is 1.51. The monoisotopic (exact) mass is 299 g/mol. The standard InChI is InChI=1S/C14H16F3N3O/c1-21-13(3-5-19-8-13)12-10(14(15,16)17)6-9-7-18-4-2-11(9)20-12/h6-7,19H,2-5,8H2,1H3. The molecule has 0 aromatic carbocycles. The highest BCUT2D eigenvalue weighted by molar-refractivity contribution is 5.82. The molecular weight excluding hydrogens is 283 g/mol. The van der Waals surface area contributed by atoms with Crippen LogP contribution in [-0.2, 0) is 22.9 Å². The third-order valence-corrected chi connectivity index (χ3v) is 4.09. The molecule has 3 rings (SSSR count). The Labute approximate surface area is 120 Å². The van der Waals surface area contributed by atoms with Crippen molar-refractivity contribution in [3.05, 3.63) is 28.6 Å². The van der Waals surface area contributed by atoms with Crippen molar-refractivity contribution >= 4 is 6.21 Å². The van der Waals surface area contributed by atoms with Crippen LogP contribution < -0.4 is 5.32 Å². The first-order chi connectivity index (χ1) is 9.96. The van der Waals surface area contributed by atoms with Crippen molar-refractivity contribution in [1.82, 2.24) is 10.3 Å². The predicted molar refractivity (Wildman–Crippen MR) is 71.6 cm³/mol. The van der Waals surface area contributed by atoms with Gasteiger partial charge in [-0.05, 0) is 19.0 Å². The quantitative estimate of drug-likeness (QED) is 0.907. The van der Waals surface area contributed by atoms with Crippen LogP contribution in [0.1, 0.15) is 28.9 Å². The lowest BCUT2D eigenvalue weighted by Gasteiger charge is -2.30. The fraction of sp³-hybridized carbons (Fsp3) is 0.571. The zero-order valence-corrected chi connectivity index (χ0v) is 11.6. The highest BCUT2D eigenvalue weighted by atomic mass is 19.4. The van der Waals surface area contributed by atoms with Crippen molar-refractivity contribution in [2.75, 3.05) is 26.7 Å². The van der Waals surface area contributed by atoms with Gasteiger partial charge in [-0.3, -0.25) is 9.98 Å². The summed E-state index contributed by atoms with van der Waals surface area (Å²) in [5.41, 5.74) is -0.614. The van der Waals surface area contributed by atoms with Gasteiger partial charge in [0.25, 0.3) is 0 Å². The third-order valence-electron chi connectivity index (χ3n) is 4.09. The van der Waals surface area contributed by atoms with Gasteiger partial charge in [0.05, 0.1) is 17.0 Å². The van der Waals surface area contributed by atoms with E-state index in [4.69, 9.17) is 4.74 Å².